The van der Waals surface area contributed by atoms with Gasteiger partial charge in [0.25, 0.3) is 0 Å². The maximum Gasteiger partial charge on any atom is 0.349 e. The summed E-state index contributed by atoms with van der Waals surface area (Å²) in [5, 5.41) is 11.2. The highest BCUT2D eigenvalue weighted by Gasteiger charge is 2.18. The van der Waals surface area contributed by atoms with Gasteiger partial charge in [-0.1, -0.05) is 13.8 Å². The van der Waals surface area contributed by atoms with E-state index in [2.05, 4.69) is 15.9 Å². The fourth-order valence-corrected chi connectivity index (χ4v) is 3.65. The Morgan fingerprint density at radius 3 is 2.74 bits per heavy atom. The van der Waals surface area contributed by atoms with E-state index in [9.17, 15) is 9.90 Å². The SMILES string of the molecule is CC(C)c1cc(OCc2csc(Br)c2)c(C(=O)O)s1. The van der Waals surface area contributed by atoms with Gasteiger partial charge in [0.05, 0.1) is 3.79 Å². The van der Waals surface area contributed by atoms with Crippen molar-refractivity contribution in [3.8, 4) is 5.75 Å². The van der Waals surface area contributed by atoms with Gasteiger partial charge in [0.15, 0.2) is 4.88 Å². The number of carbonyl (C=O) groups is 1. The summed E-state index contributed by atoms with van der Waals surface area (Å²) in [6, 6.07) is 3.81. The molecule has 0 saturated heterocycles. The van der Waals surface area contributed by atoms with E-state index in [0.29, 0.717) is 18.3 Å². The van der Waals surface area contributed by atoms with Gasteiger partial charge in [-0.3, -0.25) is 0 Å². The van der Waals surface area contributed by atoms with Crippen LogP contribution in [-0.4, -0.2) is 11.1 Å². The monoisotopic (exact) mass is 360 g/mol. The first-order valence-corrected chi connectivity index (χ1v) is 8.19. The Kier molecular flexibility index (Phi) is 4.65. The first-order valence-electron chi connectivity index (χ1n) is 5.70. The Labute approximate surface area is 128 Å². The number of carboxylic acids is 1. The van der Waals surface area contributed by atoms with Crippen LogP contribution in [0.2, 0.25) is 0 Å². The fourth-order valence-electron chi connectivity index (χ4n) is 1.52. The summed E-state index contributed by atoms with van der Waals surface area (Å²) in [6.45, 7) is 4.46. The smallest absolute Gasteiger partial charge is 0.349 e. The Morgan fingerprint density at radius 2 is 2.21 bits per heavy atom. The third-order valence-electron chi connectivity index (χ3n) is 2.50. The molecule has 0 aliphatic carbocycles. The average molecular weight is 361 g/mol. The Bertz CT molecular complexity index is 586. The van der Waals surface area contributed by atoms with Crippen molar-refractivity contribution in [2.75, 3.05) is 0 Å². The Balaban J connectivity index is 2.16. The van der Waals surface area contributed by atoms with Gasteiger partial charge in [-0.05, 0) is 39.4 Å². The van der Waals surface area contributed by atoms with E-state index in [1.54, 1.807) is 11.3 Å². The molecular formula is C13H13BrO3S2. The molecular weight excluding hydrogens is 348 g/mol. The van der Waals surface area contributed by atoms with E-state index >= 15 is 0 Å². The molecule has 6 heteroatoms. The summed E-state index contributed by atoms with van der Waals surface area (Å²) in [6.07, 6.45) is 0. The van der Waals surface area contributed by atoms with Crippen molar-refractivity contribution in [1.82, 2.24) is 0 Å². The Morgan fingerprint density at radius 1 is 1.47 bits per heavy atom. The largest absolute Gasteiger partial charge is 0.487 e. The number of rotatable bonds is 5. The molecule has 0 spiro atoms. The number of hydrogen-bond donors (Lipinski definition) is 1. The zero-order valence-electron chi connectivity index (χ0n) is 10.5. The van der Waals surface area contributed by atoms with Crippen LogP contribution in [0.5, 0.6) is 5.75 Å². The van der Waals surface area contributed by atoms with Crippen LogP contribution in [0.15, 0.2) is 21.3 Å². The van der Waals surface area contributed by atoms with Gasteiger partial charge in [0.2, 0.25) is 0 Å². The summed E-state index contributed by atoms with van der Waals surface area (Å²) in [4.78, 5) is 12.5. The number of halogens is 1. The molecule has 19 heavy (non-hydrogen) atoms. The summed E-state index contributed by atoms with van der Waals surface area (Å²) >= 11 is 6.26. The molecule has 0 saturated carbocycles. The molecule has 0 radical (unpaired) electrons. The summed E-state index contributed by atoms with van der Waals surface area (Å²) in [5.74, 6) is -0.169. The second-order valence-electron chi connectivity index (χ2n) is 4.35. The normalized spacial score (nSPS) is 10.9. The minimum absolute atomic E-state index is 0.276. The van der Waals surface area contributed by atoms with Crippen molar-refractivity contribution in [3.05, 3.63) is 36.6 Å². The van der Waals surface area contributed by atoms with Gasteiger partial charge in [-0.2, -0.15) is 0 Å². The molecule has 0 aliphatic rings. The molecule has 2 rings (SSSR count). The van der Waals surface area contributed by atoms with Crippen LogP contribution < -0.4 is 4.74 Å². The maximum atomic E-state index is 11.2. The molecule has 102 valence electrons. The summed E-state index contributed by atoms with van der Waals surface area (Å²) in [7, 11) is 0. The highest BCUT2D eigenvalue weighted by Crippen LogP contribution is 2.34. The third kappa shape index (κ3) is 3.58. The van der Waals surface area contributed by atoms with E-state index < -0.39 is 5.97 Å². The van der Waals surface area contributed by atoms with Crippen molar-refractivity contribution in [2.24, 2.45) is 0 Å². The molecule has 0 bridgehead atoms. The fraction of sp³-hybridized carbons (Fsp3) is 0.308. The van der Waals surface area contributed by atoms with Crippen LogP contribution in [0.4, 0.5) is 0 Å². The Hall–Kier alpha value is -0.850. The topological polar surface area (TPSA) is 46.5 Å². The minimum atomic E-state index is -0.932. The molecule has 2 aromatic rings. The zero-order chi connectivity index (χ0) is 14.0. The van der Waals surface area contributed by atoms with Gasteiger partial charge < -0.3 is 9.84 Å². The van der Waals surface area contributed by atoms with E-state index in [1.165, 1.54) is 11.3 Å². The van der Waals surface area contributed by atoms with Gasteiger partial charge in [-0.15, -0.1) is 22.7 Å². The number of aromatic carboxylic acids is 1. The van der Waals surface area contributed by atoms with E-state index in [-0.39, 0.29) is 4.88 Å². The standard InChI is InChI=1S/C13H13BrO3S2/c1-7(2)10-4-9(12(19-10)13(15)16)17-5-8-3-11(14)18-6-8/h3-4,6-7H,5H2,1-2H3,(H,15,16). The van der Waals surface area contributed by atoms with Crippen LogP contribution >= 0.6 is 38.6 Å². The number of carboxylic acid groups (broad SMARTS) is 1. The van der Waals surface area contributed by atoms with Crippen LogP contribution in [0.25, 0.3) is 0 Å². The molecule has 0 atom stereocenters. The molecule has 0 unspecified atom stereocenters. The molecule has 0 aliphatic heterocycles. The van der Waals surface area contributed by atoms with Crippen LogP contribution in [0.1, 0.15) is 39.9 Å². The van der Waals surface area contributed by atoms with E-state index in [4.69, 9.17) is 4.74 Å². The predicted octanol–water partition coefficient (Wildman–Crippen LogP) is 4.97. The van der Waals surface area contributed by atoms with E-state index in [1.807, 2.05) is 31.4 Å². The van der Waals surface area contributed by atoms with Crippen LogP contribution in [0, 0.1) is 0 Å². The molecule has 2 aromatic heterocycles. The lowest BCUT2D eigenvalue weighted by atomic mass is 10.2. The number of ether oxygens (including phenoxy) is 1. The van der Waals surface area contributed by atoms with Crippen molar-refractivity contribution >= 4 is 44.6 Å². The third-order valence-corrected chi connectivity index (χ3v) is 5.45. The van der Waals surface area contributed by atoms with Gasteiger partial charge in [0.1, 0.15) is 12.4 Å². The first-order chi connectivity index (χ1) is 8.97. The summed E-state index contributed by atoms with van der Waals surface area (Å²) in [5.41, 5.74) is 1.03. The van der Waals surface area contributed by atoms with Gasteiger partial charge >= 0.3 is 5.97 Å². The van der Waals surface area contributed by atoms with Crippen LogP contribution in [0.3, 0.4) is 0 Å². The highest BCUT2D eigenvalue weighted by molar-refractivity contribution is 9.11. The minimum Gasteiger partial charge on any atom is -0.487 e. The van der Waals surface area contributed by atoms with E-state index in [0.717, 1.165) is 14.2 Å². The van der Waals surface area contributed by atoms with Crippen molar-refractivity contribution < 1.29 is 14.6 Å². The average Bonchev–Trinajstić information content (AvgIpc) is 2.92. The second-order valence-corrected chi connectivity index (χ2v) is 7.72. The first kappa shape index (κ1) is 14.6. The molecule has 0 aromatic carbocycles. The molecule has 3 nitrogen and oxygen atoms in total. The number of hydrogen-bond acceptors (Lipinski definition) is 4. The quantitative estimate of drug-likeness (QED) is 0.818. The van der Waals surface area contributed by atoms with Crippen molar-refractivity contribution in [3.63, 3.8) is 0 Å². The van der Waals surface area contributed by atoms with Crippen molar-refractivity contribution in [1.29, 1.82) is 0 Å². The van der Waals surface area contributed by atoms with Gasteiger partial charge in [-0.25, -0.2) is 4.79 Å². The second kappa shape index (κ2) is 6.07. The maximum absolute atomic E-state index is 11.2. The lowest BCUT2D eigenvalue weighted by Gasteiger charge is -2.03. The molecule has 2 heterocycles. The van der Waals surface area contributed by atoms with Crippen molar-refractivity contribution in [2.45, 2.75) is 26.4 Å². The molecule has 0 fully saturated rings. The number of thiophene rings is 2. The highest BCUT2D eigenvalue weighted by atomic mass is 79.9. The molecule has 1 N–H and O–H groups in total. The van der Waals surface area contributed by atoms with Crippen LogP contribution in [-0.2, 0) is 6.61 Å². The van der Waals surface area contributed by atoms with Gasteiger partial charge in [0, 0.05) is 10.4 Å². The molecule has 0 amide bonds. The predicted molar refractivity (Wildman–Crippen MR) is 81.7 cm³/mol. The lowest BCUT2D eigenvalue weighted by molar-refractivity contribution is 0.0697. The zero-order valence-corrected chi connectivity index (χ0v) is 13.7. The lowest BCUT2D eigenvalue weighted by Crippen LogP contribution is -1.99. The summed E-state index contributed by atoms with van der Waals surface area (Å²) < 4.78 is 6.68.